The lowest BCUT2D eigenvalue weighted by Crippen LogP contribution is -2.36. The zero-order valence-electron chi connectivity index (χ0n) is 19.7. The van der Waals surface area contributed by atoms with E-state index in [9.17, 15) is 37.5 Å². The molecular weight excluding hydrogens is 497 g/mol. The molecule has 0 fully saturated rings. The number of sulfonamides is 1. The van der Waals surface area contributed by atoms with Crippen molar-refractivity contribution in [3.8, 4) is 11.3 Å². The van der Waals surface area contributed by atoms with Crippen molar-refractivity contribution in [1.29, 1.82) is 0 Å². The van der Waals surface area contributed by atoms with Gasteiger partial charge in [0.25, 0.3) is 10.0 Å². The molecule has 0 spiro atoms. The third-order valence-corrected chi connectivity index (χ3v) is 9.53. The molecule has 0 saturated heterocycles. The molecule has 1 aromatic carbocycles. The van der Waals surface area contributed by atoms with Crippen LogP contribution in [0, 0.1) is 6.92 Å². The van der Waals surface area contributed by atoms with Gasteiger partial charge in [0.2, 0.25) is 16.7 Å². The zero-order valence-corrected chi connectivity index (χ0v) is 21.4. The number of carbonyl (C=O) groups is 2. The minimum atomic E-state index is -4.52. The molecule has 0 atom stereocenters. The van der Waals surface area contributed by atoms with E-state index in [-0.39, 0.29) is 27.9 Å². The number of fused-ring (bicyclic) bond motifs is 5. The van der Waals surface area contributed by atoms with E-state index in [1.54, 1.807) is 6.07 Å². The molecule has 12 heteroatoms. The SMILES string of the molecule is Cc1c(S(=O)(=O)N(CCO)CCP(=O)(O)O)oc2c1C(=O)C(=O)c1c-2ccc2c1CCCC2(C)C. The summed E-state index contributed by atoms with van der Waals surface area (Å²) < 4.78 is 44.5. The highest BCUT2D eigenvalue weighted by atomic mass is 32.2. The van der Waals surface area contributed by atoms with Crippen molar-refractivity contribution in [3.05, 3.63) is 39.9 Å². The largest absolute Gasteiger partial charge is 0.442 e. The maximum atomic E-state index is 13.4. The number of ketones is 2. The van der Waals surface area contributed by atoms with E-state index >= 15 is 0 Å². The molecule has 0 unspecified atom stereocenters. The van der Waals surface area contributed by atoms with E-state index < -0.39 is 60.1 Å². The average Bonchev–Trinajstić information content (AvgIpc) is 3.11. The number of benzene rings is 1. The maximum Gasteiger partial charge on any atom is 0.326 e. The number of aliphatic hydroxyl groups is 1. The highest BCUT2D eigenvalue weighted by Crippen LogP contribution is 2.46. The molecule has 35 heavy (non-hydrogen) atoms. The van der Waals surface area contributed by atoms with Gasteiger partial charge in [-0.15, -0.1) is 0 Å². The van der Waals surface area contributed by atoms with Crippen LogP contribution >= 0.6 is 7.60 Å². The van der Waals surface area contributed by atoms with Crippen LogP contribution in [-0.2, 0) is 26.4 Å². The summed E-state index contributed by atoms with van der Waals surface area (Å²) in [4.78, 5) is 44.8. The van der Waals surface area contributed by atoms with Crippen molar-refractivity contribution in [2.45, 2.75) is 50.5 Å². The lowest BCUT2D eigenvalue weighted by molar-refractivity contribution is 0.0813. The van der Waals surface area contributed by atoms with Gasteiger partial charge in [0.05, 0.1) is 18.3 Å². The third kappa shape index (κ3) is 4.34. The van der Waals surface area contributed by atoms with Crippen molar-refractivity contribution < 1.29 is 41.9 Å². The Morgan fingerprint density at radius 3 is 2.40 bits per heavy atom. The summed E-state index contributed by atoms with van der Waals surface area (Å²) in [5, 5.41) is 8.75. The number of hydrogen-bond donors (Lipinski definition) is 3. The van der Waals surface area contributed by atoms with Crippen LogP contribution in [0.15, 0.2) is 21.6 Å². The zero-order chi connectivity index (χ0) is 25.9. The number of nitrogens with zero attached hydrogens (tertiary/aromatic N) is 1. The number of rotatable bonds is 7. The third-order valence-electron chi connectivity index (χ3n) is 6.84. The first-order valence-corrected chi connectivity index (χ1v) is 14.5. The Morgan fingerprint density at radius 1 is 1.11 bits per heavy atom. The van der Waals surface area contributed by atoms with Gasteiger partial charge in [0, 0.05) is 29.8 Å². The first kappa shape index (κ1) is 25.9. The molecule has 190 valence electrons. The topological polar surface area (TPSA) is 162 Å². The molecular formula is C23H28NO9PS. The summed E-state index contributed by atoms with van der Waals surface area (Å²) >= 11 is 0. The Bertz CT molecular complexity index is 1380. The van der Waals surface area contributed by atoms with Crippen LogP contribution in [0.4, 0.5) is 0 Å². The molecule has 1 heterocycles. The first-order valence-electron chi connectivity index (χ1n) is 11.3. The number of carbonyl (C=O) groups excluding carboxylic acids is 2. The Balaban J connectivity index is 1.88. The van der Waals surface area contributed by atoms with E-state index in [0.29, 0.717) is 16.3 Å². The number of hydrogen-bond acceptors (Lipinski definition) is 7. The van der Waals surface area contributed by atoms with Crippen LogP contribution in [-0.4, -0.2) is 65.0 Å². The van der Waals surface area contributed by atoms with Crippen LogP contribution in [0.3, 0.4) is 0 Å². The van der Waals surface area contributed by atoms with E-state index in [4.69, 9.17) is 4.42 Å². The lowest BCUT2D eigenvalue weighted by Gasteiger charge is -2.34. The molecule has 2 aliphatic carbocycles. The second-order valence-corrected chi connectivity index (χ2v) is 13.3. The molecule has 0 aliphatic heterocycles. The van der Waals surface area contributed by atoms with Crippen LogP contribution in [0.1, 0.15) is 64.1 Å². The monoisotopic (exact) mass is 525 g/mol. The quantitative estimate of drug-likeness (QED) is 0.364. The molecule has 3 N–H and O–H groups in total. The summed E-state index contributed by atoms with van der Waals surface area (Å²) in [7, 11) is -9.01. The van der Waals surface area contributed by atoms with Crippen molar-refractivity contribution >= 4 is 29.2 Å². The lowest BCUT2D eigenvalue weighted by atomic mass is 9.69. The molecule has 0 radical (unpaired) electrons. The Morgan fingerprint density at radius 2 is 1.77 bits per heavy atom. The van der Waals surface area contributed by atoms with E-state index in [2.05, 4.69) is 13.8 Å². The van der Waals surface area contributed by atoms with Crippen LogP contribution in [0.2, 0.25) is 0 Å². The second-order valence-electron chi connectivity index (χ2n) is 9.64. The van der Waals surface area contributed by atoms with Gasteiger partial charge < -0.3 is 19.3 Å². The van der Waals surface area contributed by atoms with Crippen LogP contribution < -0.4 is 0 Å². The van der Waals surface area contributed by atoms with E-state index in [1.807, 2.05) is 6.07 Å². The predicted octanol–water partition coefficient (Wildman–Crippen LogP) is 2.41. The van der Waals surface area contributed by atoms with Gasteiger partial charge in [0.15, 0.2) is 0 Å². The van der Waals surface area contributed by atoms with Gasteiger partial charge in [-0.3, -0.25) is 14.2 Å². The molecule has 1 aromatic heterocycles. The summed E-state index contributed by atoms with van der Waals surface area (Å²) in [5.74, 6) is -1.56. The molecule has 0 bridgehead atoms. The van der Waals surface area contributed by atoms with Gasteiger partial charge in [0.1, 0.15) is 5.76 Å². The second kappa shape index (κ2) is 8.76. The molecule has 4 rings (SSSR count). The Hall–Kier alpha value is -2.14. The standard InChI is InChI=1S/C23H28NO9PS/c1-13-17-19(26)20(27)18-14-5-4-8-23(2,3)16(14)7-6-15(18)21(17)33-22(13)35(31,32)24(9-11-25)10-12-34(28,29)30/h6-7,25H,4-5,8-12H2,1-3H3,(H2,28,29,30). The average molecular weight is 526 g/mol. The fourth-order valence-corrected chi connectivity index (χ4v) is 7.29. The highest BCUT2D eigenvalue weighted by molar-refractivity contribution is 7.89. The summed E-state index contributed by atoms with van der Waals surface area (Å²) in [6, 6.07) is 3.58. The van der Waals surface area contributed by atoms with Gasteiger partial charge in [-0.2, -0.15) is 4.31 Å². The minimum absolute atomic E-state index is 0.00853. The summed E-state index contributed by atoms with van der Waals surface area (Å²) in [6.45, 7) is 3.92. The maximum absolute atomic E-state index is 13.4. The van der Waals surface area contributed by atoms with Gasteiger partial charge >= 0.3 is 7.60 Å². The van der Waals surface area contributed by atoms with Crippen LogP contribution in [0.5, 0.6) is 0 Å². The first-order chi connectivity index (χ1) is 16.2. The molecule has 0 amide bonds. The fourth-order valence-electron chi connectivity index (χ4n) is 5.08. The smallest absolute Gasteiger partial charge is 0.326 e. The molecule has 2 aromatic rings. The van der Waals surface area contributed by atoms with Gasteiger partial charge in [-0.25, -0.2) is 8.42 Å². The number of Topliss-reactive ketones (excluding diaryl/α,β-unsaturated/α-hetero) is 2. The van der Waals surface area contributed by atoms with Gasteiger partial charge in [-0.05, 0) is 42.7 Å². The van der Waals surface area contributed by atoms with E-state index in [1.165, 1.54) is 6.92 Å². The Kier molecular flexibility index (Phi) is 6.49. The van der Waals surface area contributed by atoms with Crippen LogP contribution in [0.25, 0.3) is 11.3 Å². The van der Waals surface area contributed by atoms with Crippen molar-refractivity contribution in [3.63, 3.8) is 0 Å². The molecule has 0 saturated carbocycles. The normalized spacial score (nSPS) is 17.3. The molecule has 2 aliphatic rings. The van der Waals surface area contributed by atoms with Crippen molar-refractivity contribution in [1.82, 2.24) is 4.31 Å². The summed E-state index contributed by atoms with van der Waals surface area (Å²) in [6.07, 6.45) is 1.64. The molecule has 10 nitrogen and oxygen atoms in total. The van der Waals surface area contributed by atoms with Crippen molar-refractivity contribution in [2.24, 2.45) is 0 Å². The summed E-state index contributed by atoms with van der Waals surface area (Å²) in [5.41, 5.74) is 2.01. The van der Waals surface area contributed by atoms with Gasteiger partial charge in [-0.1, -0.05) is 26.0 Å². The Labute approximate surface area is 203 Å². The predicted molar refractivity (Wildman–Crippen MR) is 126 cm³/mol. The minimum Gasteiger partial charge on any atom is -0.442 e. The van der Waals surface area contributed by atoms with Crippen molar-refractivity contribution in [2.75, 3.05) is 25.9 Å². The fraction of sp³-hybridized carbons (Fsp3) is 0.478. The van der Waals surface area contributed by atoms with E-state index in [0.717, 1.165) is 24.0 Å². The number of furan rings is 1. The highest BCUT2D eigenvalue weighted by Gasteiger charge is 2.43. The number of aliphatic hydroxyl groups excluding tert-OH is 1.